The molecule has 2 fully saturated rings. The number of hydrogen-bond donors (Lipinski definition) is 0. The molecule has 0 N–H and O–H groups in total. The third kappa shape index (κ3) is 2.87. The van der Waals surface area contributed by atoms with Crippen molar-refractivity contribution in [2.45, 2.75) is 18.2 Å². The van der Waals surface area contributed by atoms with Crippen LogP contribution < -0.4 is 4.90 Å². The zero-order valence-corrected chi connectivity index (χ0v) is 14.6. The molecule has 1 amide bonds. The SMILES string of the molecule is CC(=O)N=C1S[C@@H]2CS(=O)(=O)C[C@H]2N1c1cccc(Cl)c1Cl. The van der Waals surface area contributed by atoms with Crippen LogP contribution in [0, 0.1) is 0 Å². The summed E-state index contributed by atoms with van der Waals surface area (Å²) in [5, 5.41) is 1.02. The van der Waals surface area contributed by atoms with Crippen LogP contribution in [0.1, 0.15) is 6.92 Å². The van der Waals surface area contributed by atoms with Gasteiger partial charge in [0.25, 0.3) is 0 Å². The van der Waals surface area contributed by atoms with E-state index in [0.29, 0.717) is 20.9 Å². The Bertz CT molecular complexity index is 779. The molecule has 118 valence electrons. The van der Waals surface area contributed by atoms with Gasteiger partial charge in [0, 0.05) is 12.2 Å². The number of anilines is 1. The van der Waals surface area contributed by atoms with Crippen molar-refractivity contribution in [3.63, 3.8) is 0 Å². The molecule has 1 aromatic carbocycles. The molecule has 2 saturated heterocycles. The van der Waals surface area contributed by atoms with E-state index in [4.69, 9.17) is 23.2 Å². The van der Waals surface area contributed by atoms with Crippen molar-refractivity contribution in [1.29, 1.82) is 0 Å². The highest BCUT2D eigenvalue weighted by molar-refractivity contribution is 8.16. The van der Waals surface area contributed by atoms with Crippen molar-refractivity contribution in [1.82, 2.24) is 0 Å². The Kier molecular flexibility index (Phi) is 4.18. The highest BCUT2D eigenvalue weighted by Gasteiger charge is 2.49. The van der Waals surface area contributed by atoms with E-state index in [9.17, 15) is 13.2 Å². The molecule has 0 aromatic heterocycles. The van der Waals surface area contributed by atoms with Gasteiger partial charge in [-0.15, -0.1) is 0 Å². The number of fused-ring (bicyclic) bond motifs is 1. The predicted molar refractivity (Wildman–Crippen MR) is 90.9 cm³/mol. The fourth-order valence-corrected chi connectivity index (χ4v) is 7.00. The quantitative estimate of drug-likeness (QED) is 0.751. The average molecular weight is 379 g/mol. The van der Waals surface area contributed by atoms with E-state index in [0.717, 1.165) is 0 Å². The molecule has 9 heteroatoms. The number of benzene rings is 1. The minimum absolute atomic E-state index is 0.0183. The fourth-order valence-electron chi connectivity index (χ4n) is 2.66. The van der Waals surface area contributed by atoms with Crippen molar-refractivity contribution in [2.75, 3.05) is 16.4 Å². The molecule has 2 heterocycles. The van der Waals surface area contributed by atoms with Crippen molar-refractivity contribution >= 4 is 61.6 Å². The van der Waals surface area contributed by atoms with Gasteiger partial charge in [0.05, 0.1) is 33.3 Å². The van der Waals surface area contributed by atoms with E-state index in [1.807, 2.05) is 0 Å². The molecule has 22 heavy (non-hydrogen) atoms. The lowest BCUT2D eigenvalue weighted by Gasteiger charge is -2.25. The Hall–Kier alpha value is -0.760. The average Bonchev–Trinajstić information content (AvgIpc) is 2.84. The highest BCUT2D eigenvalue weighted by atomic mass is 35.5. The Morgan fingerprint density at radius 1 is 1.36 bits per heavy atom. The van der Waals surface area contributed by atoms with Crippen LogP contribution in [0.2, 0.25) is 10.0 Å². The van der Waals surface area contributed by atoms with Gasteiger partial charge < -0.3 is 4.90 Å². The van der Waals surface area contributed by atoms with Gasteiger partial charge in [-0.2, -0.15) is 4.99 Å². The zero-order chi connectivity index (χ0) is 16.1. The van der Waals surface area contributed by atoms with Crippen LogP contribution in [-0.2, 0) is 14.6 Å². The number of thioether (sulfide) groups is 1. The normalized spacial score (nSPS) is 28.1. The number of amidine groups is 1. The molecular weight excluding hydrogens is 367 g/mol. The lowest BCUT2D eigenvalue weighted by Crippen LogP contribution is -2.37. The monoisotopic (exact) mass is 378 g/mol. The summed E-state index contributed by atoms with van der Waals surface area (Å²) in [4.78, 5) is 17.1. The number of nitrogens with zero attached hydrogens (tertiary/aromatic N) is 2. The van der Waals surface area contributed by atoms with Crippen molar-refractivity contribution in [3.05, 3.63) is 28.2 Å². The van der Waals surface area contributed by atoms with Crippen molar-refractivity contribution < 1.29 is 13.2 Å². The molecule has 2 aliphatic rings. The largest absolute Gasteiger partial charge is 0.314 e. The summed E-state index contributed by atoms with van der Waals surface area (Å²) in [5.41, 5.74) is 0.575. The maximum atomic E-state index is 11.9. The van der Waals surface area contributed by atoms with E-state index in [-0.39, 0.29) is 28.7 Å². The summed E-state index contributed by atoms with van der Waals surface area (Å²) < 4.78 is 23.8. The minimum Gasteiger partial charge on any atom is -0.314 e. The van der Waals surface area contributed by atoms with Gasteiger partial charge in [0.1, 0.15) is 0 Å². The van der Waals surface area contributed by atoms with E-state index < -0.39 is 9.84 Å². The van der Waals surface area contributed by atoms with Crippen LogP contribution in [0.25, 0.3) is 0 Å². The zero-order valence-electron chi connectivity index (χ0n) is 11.5. The number of sulfone groups is 1. The molecule has 2 atom stereocenters. The van der Waals surface area contributed by atoms with Crippen LogP contribution >= 0.6 is 35.0 Å². The molecule has 0 unspecified atom stereocenters. The van der Waals surface area contributed by atoms with Crippen molar-refractivity contribution in [3.8, 4) is 0 Å². The topological polar surface area (TPSA) is 66.8 Å². The van der Waals surface area contributed by atoms with Crippen molar-refractivity contribution in [2.24, 2.45) is 4.99 Å². The number of halogens is 2. The number of hydrogen-bond acceptors (Lipinski definition) is 4. The van der Waals surface area contributed by atoms with E-state index in [1.54, 1.807) is 23.1 Å². The maximum Gasteiger partial charge on any atom is 0.244 e. The fraction of sp³-hybridized carbons (Fsp3) is 0.385. The summed E-state index contributed by atoms with van der Waals surface area (Å²) in [6.07, 6.45) is 0. The molecule has 5 nitrogen and oxygen atoms in total. The van der Waals surface area contributed by atoms with Gasteiger partial charge in [-0.1, -0.05) is 41.0 Å². The van der Waals surface area contributed by atoms with Crippen LogP contribution in [0.4, 0.5) is 5.69 Å². The van der Waals surface area contributed by atoms with E-state index >= 15 is 0 Å². The summed E-state index contributed by atoms with van der Waals surface area (Å²) in [5.74, 6) is -0.244. The van der Waals surface area contributed by atoms with Crippen LogP contribution in [0.3, 0.4) is 0 Å². The van der Waals surface area contributed by atoms with Gasteiger partial charge >= 0.3 is 0 Å². The Morgan fingerprint density at radius 3 is 2.77 bits per heavy atom. The molecule has 0 spiro atoms. The molecule has 0 saturated carbocycles. The highest BCUT2D eigenvalue weighted by Crippen LogP contribution is 2.44. The second-order valence-corrected chi connectivity index (χ2v) is 9.30. The molecule has 0 aliphatic carbocycles. The van der Waals surface area contributed by atoms with Crippen LogP contribution in [0.5, 0.6) is 0 Å². The van der Waals surface area contributed by atoms with Gasteiger partial charge in [-0.3, -0.25) is 4.79 Å². The molecule has 3 rings (SSSR count). The van der Waals surface area contributed by atoms with E-state index in [2.05, 4.69) is 4.99 Å². The van der Waals surface area contributed by atoms with Gasteiger partial charge in [0.2, 0.25) is 5.91 Å². The predicted octanol–water partition coefficient (Wildman–Crippen LogP) is 2.61. The van der Waals surface area contributed by atoms with E-state index in [1.165, 1.54) is 18.7 Å². The number of amides is 1. The second-order valence-electron chi connectivity index (χ2n) is 5.16. The van der Waals surface area contributed by atoms with Gasteiger partial charge in [-0.05, 0) is 12.1 Å². The van der Waals surface area contributed by atoms with Gasteiger partial charge in [-0.25, -0.2) is 8.42 Å². The van der Waals surface area contributed by atoms with Gasteiger partial charge in [0.15, 0.2) is 15.0 Å². The summed E-state index contributed by atoms with van der Waals surface area (Å²) >= 11 is 13.6. The summed E-state index contributed by atoms with van der Waals surface area (Å²) in [6, 6.07) is 4.85. The molecular formula is C13H12Cl2N2O3S2. The lowest BCUT2D eigenvalue weighted by molar-refractivity contribution is -0.115. The first-order valence-corrected chi connectivity index (χ1v) is 9.94. The first-order valence-electron chi connectivity index (χ1n) is 6.48. The number of rotatable bonds is 1. The third-order valence-corrected chi connectivity index (χ3v) is 7.53. The molecule has 0 bridgehead atoms. The second kappa shape index (κ2) is 5.70. The summed E-state index contributed by atoms with van der Waals surface area (Å²) in [7, 11) is -3.10. The third-order valence-electron chi connectivity index (χ3n) is 3.51. The standard InChI is InChI=1S/C13H12Cl2N2O3S2/c1-7(18)16-13-17(9-4-2-3-8(14)12(9)15)10-5-22(19,20)6-11(10)21-13/h2-4,10-11H,5-6H2,1H3/t10-,11-/m1/s1. The molecule has 0 radical (unpaired) electrons. The molecule has 1 aromatic rings. The Balaban J connectivity index is 2.10. The lowest BCUT2D eigenvalue weighted by atomic mass is 10.2. The van der Waals surface area contributed by atoms with Crippen LogP contribution in [0.15, 0.2) is 23.2 Å². The number of carbonyl (C=O) groups is 1. The first-order chi connectivity index (χ1) is 10.3. The first kappa shape index (κ1) is 16.1. The molecule has 2 aliphatic heterocycles. The Morgan fingerprint density at radius 2 is 2.09 bits per heavy atom. The Labute approximate surface area is 142 Å². The van der Waals surface area contributed by atoms with Crippen LogP contribution in [-0.4, -0.2) is 42.3 Å². The number of aliphatic imine (C=N–C) groups is 1. The number of carbonyl (C=O) groups excluding carboxylic acids is 1. The minimum atomic E-state index is -3.10. The summed E-state index contributed by atoms with van der Waals surface area (Å²) in [6.45, 7) is 1.36. The maximum absolute atomic E-state index is 11.9. The smallest absolute Gasteiger partial charge is 0.244 e.